The molecule has 37 heavy (non-hydrogen) atoms. The van der Waals surface area contributed by atoms with Crippen LogP contribution in [0.5, 0.6) is 0 Å². The number of hydrogen-bond acceptors (Lipinski definition) is 5. The summed E-state index contributed by atoms with van der Waals surface area (Å²) in [4.78, 5) is 7.07. The van der Waals surface area contributed by atoms with Gasteiger partial charge in [-0.15, -0.1) is 0 Å². The summed E-state index contributed by atoms with van der Waals surface area (Å²) in [5.41, 5.74) is 7.37. The first-order valence-electron chi connectivity index (χ1n) is 15.0. The summed E-state index contributed by atoms with van der Waals surface area (Å²) < 4.78 is 5.42. The summed E-state index contributed by atoms with van der Waals surface area (Å²) in [6.07, 6.45) is 14.2. The maximum Gasteiger partial charge on any atom is 0.115 e. The van der Waals surface area contributed by atoms with Gasteiger partial charge in [-0.3, -0.25) is 10.4 Å². The van der Waals surface area contributed by atoms with E-state index in [2.05, 4.69) is 9.88 Å². The lowest BCUT2D eigenvalue weighted by molar-refractivity contribution is 0.0546. The fourth-order valence-electron chi connectivity index (χ4n) is 5.23. The van der Waals surface area contributed by atoms with Crippen molar-refractivity contribution in [1.29, 1.82) is 10.8 Å². The van der Waals surface area contributed by atoms with Gasteiger partial charge in [0.15, 0.2) is 0 Å². The highest BCUT2D eigenvalue weighted by Gasteiger charge is 2.36. The maximum atomic E-state index is 7.74. The number of nitrogens with zero attached hydrogens (tertiary/aromatic N) is 2. The van der Waals surface area contributed by atoms with Crippen LogP contribution in [0.25, 0.3) is 0 Å². The summed E-state index contributed by atoms with van der Waals surface area (Å²) in [5, 5.41) is 14.8. The maximum absolute atomic E-state index is 7.74. The molecule has 2 aliphatic heterocycles. The minimum atomic E-state index is -0.0488. The highest BCUT2D eigenvalue weighted by atomic mass is 16.5. The van der Waals surface area contributed by atoms with Crippen LogP contribution in [0.4, 0.5) is 0 Å². The molecule has 0 aromatic carbocycles. The summed E-state index contributed by atoms with van der Waals surface area (Å²) in [7, 11) is 0. The van der Waals surface area contributed by atoms with Crippen molar-refractivity contribution in [3.05, 3.63) is 41.7 Å². The number of rotatable bonds is 6. The average molecular weight is 520 g/mol. The van der Waals surface area contributed by atoms with E-state index in [4.69, 9.17) is 21.3 Å². The molecule has 0 radical (unpaired) electrons. The topological polar surface area (TPSA) is 99.1 Å². The number of hydrogen-bond donors (Lipinski definition) is 3. The standard InChI is InChI=1S/C13H23NO.C12H14N4.3C2H6.3H2/c1-2-12-9-14(10-13(12)3-1)8-11-4-6-15-7-5-11;13-10(4-6-12(14)15)9-3-5-11(16-7-9)8-1-2-8;3*1-2;;;/h11-13H,1-10H2;3-8,13H,1-2H2,(H3,14,15);3*1-2H3;3*1H/b;6-4-,13-10?;;;;;;. The molecule has 6 nitrogen and oxygen atoms in total. The van der Waals surface area contributed by atoms with Gasteiger partial charge in [-0.1, -0.05) is 48.0 Å². The van der Waals surface area contributed by atoms with Crippen molar-refractivity contribution in [3.63, 3.8) is 0 Å². The zero-order valence-electron chi connectivity index (χ0n) is 24.6. The zero-order chi connectivity index (χ0) is 27.6. The monoisotopic (exact) mass is 519 g/mol. The number of fused-ring (bicyclic) bond motifs is 1. The van der Waals surface area contributed by atoms with Crippen LogP contribution in [0.15, 0.2) is 30.5 Å². The third-order valence-electron chi connectivity index (χ3n) is 7.18. The first kappa shape index (κ1) is 33.0. The number of pyridine rings is 1. The van der Waals surface area contributed by atoms with Crippen LogP contribution >= 0.6 is 0 Å². The van der Waals surface area contributed by atoms with E-state index < -0.39 is 0 Å². The Bertz CT molecular complexity index is 785. The second-order valence-corrected chi connectivity index (χ2v) is 9.67. The number of nitrogens with two attached hydrogens (primary N) is 1. The van der Waals surface area contributed by atoms with Crippen LogP contribution < -0.4 is 5.73 Å². The first-order chi connectivity index (χ1) is 18.1. The van der Waals surface area contributed by atoms with Crippen LogP contribution in [0.1, 0.15) is 108 Å². The lowest BCUT2D eigenvalue weighted by Gasteiger charge is -2.27. The van der Waals surface area contributed by atoms with Crippen LogP contribution in [0.3, 0.4) is 0 Å². The predicted octanol–water partition coefficient (Wildman–Crippen LogP) is 7.78. The number of ether oxygens (including phenoxy) is 1. The van der Waals surface area contributed by atoms with Crippen LogP contribution in [0.2, 0.25) is 0 Å². The van der Waals surface area contributed by atoms with Crippen molar-refractivity contribution in [1.82, 2.24) is 9.88 Å². The van der Waals surface area contributed by atoms with E-state index in [0.717, 1.165) is 42.2 Å². The Labute approximate surface area is 231 Å². The molecule has 3 heterocycles. The average Bonchev–Trinajstić information content (AvgIpc) is 3.61. The Morgan fingerprint density at radius 2 is 1.54 bits per heavy atom. The lowest BCUT2D eigenvalue weighted by Crippen LogP contribution is -2.31. The highest BCUT2D eigenvalue weighted by Crippen LogP contribution is 2.39. The number of aromatic nitrogens is 1. The molecule has 2 unspecified atom stereocenters. The fraction of sp³-hybridized carbons (Fsp3) is 0.710. The Hall–Kier alpha value is -2.05. The van der Waals surface area contributed by atoms with Crippen molar-refractivity contribution >= 4 is 11.5 Å². The molecule has 2 atom stereocenters. The number of nitrogens with one attached hydrogen (secondary N) is 2. The molecule has 1 aromatic heterocycles. The molecular weight excluding hydrogens is 458 g/mol. The molecular formula is C31H61N5O. The lowest BCUT2D eigenvalue weighted by atomic mass is 10.00. The molecule has 0 bridgehead atoms. The molecule has 216 valence electrons. The second kappa shape index (κ2) is 19.1. The van der Waals surface area contributed by atoms with E-state index in [1.807, 2.05) is 53.7 Å². The van der Waals surface area contributed by atoms with Gasteiger partial charge >= 0.3 is 0 Å². The van der Waals surface area contributed by atoms with E-state index in [-0.39, 0.29) is 10.1 Å². The quantitative estimate of drug-likeness (QED) is 0.264. The van der Waals surface area contributed by atoms with Gasteiger partial charge < -0.3 is 20.8 Å². The largest absolute Gasteiger partial charge is 0.384 e. The molecule has 5 rings (SSSR count). The third-order valence-corrected chi connectivity index (χ3v) is 7.18. The van der Waals surface area contributed by atoms with Gasteiger partial charge in [0.05, 0.1) is 5.71 Å². The van der Waals surface area contributed by atoms with Crippen molar-refractivity contribution in [2.75, 3.05) is 32.8 Å². The van der Waals surface area contributed by atoms with E-state index in [1.165, 1.54) is 76.7 Å². The normalized spacial score (nSPS) is 22.6. The van der Waals surface area contributed by atoms with Gasteiger partial charge in [-0.2, -0.15) is 0 Å². The first-order valence-corrected chi connectivity index (χ1v) is 15.0. The van der Waals surface area contributed by atoms with E-state index in [9.17, 15) is 0 Å². The number of likely N-dealkylation sites (tertiary alicyclic amines) is 1. The predicted molar refractivity (Wildman–Crippen MR) is 165 cm³/mol. The van der Waals surface area contributed by atoms with Gasteiger partial charge in [-0.05, 0) is 80.6 Å². The molecule has 1 aromatic rings. The minimum Gasteiger partial charge on any atom is -0.384 e. The third kappa shape index (κ3) is 11.9. The second-order valence-electron chi connectivity index (χ2n) is 9.67. The van der Waals surface area contributed by atoms with Crippen molar-refractivity contribution in [3.8, 4) is 0 Å². The summed E-state index contributed by atoms with van der Waals surface area (Å²) in [5.74, 6) is 3.63. The Kier molecular flexibility index (Phi) is 17.0. The summed E-state index contributed by atoms with van der Waals surface area (Å²) in [6.45, 7) is 18.2. The smallest absolute Gasteiger partial charge is 0.115 e. The highest BCUT2D eigenvalue weighted by molar-refractivity contribution is 6.09. The summed E-state index contributed by atoms with van der Waals surface area (Å²) >= 11 is 0. The van der Waals surface area contributed by atoms with Crippen molar-refractivity contribution in [2.24, 2.45) is 23.5 Å². The van der Waals surface area contributed by atoms with Crippen LogP contribution in [-0.4, -0.2) is 54.3 Å². The molecule has 2 aliphatic carbocycles. The van der Waals surface area contributed by atoms with Crippen molar-refractivity contribution in [2.45, 2.75) is 92.4 Å². The Morgan fingerprint density at radius 1 is 0.946 bits per heavy atom. The Balaban J connectivity index is -0.000000543. The molecule has 2 saturated heterocycles. The molecule has 0 amide bonds. The molecule has 6 heteroatoms. The fourth-order valence-corrected chi connectivity index (χ4v) is 5.23. The van der Waals surface area contributed by atoms with Gasteiger partial charge in [0, 0.05) is 60.5 Å². The van der Waals surface area contributed by atoms with Crippen molar-refractivity contribution < 1.29 is 9.02 Å². The number of amidine groups is 1. The van der Waals surface area contributed by atoms with E-state index in [1.54, 1.807) is 6.20 Å². The zero-order valence-corrected chi connectivity index (χ0v) is 24.6. The molecule has 4 fully saturated rings. The molecule has 4 aliphatic rings. The van der Waals surface area contributed by atoms with Crippen LogP contribution in [0, 0.1) is 28.6 Å². The van der Waals surface area contributed by atoms with Gasteiger partial charge in [0.25, 0.3) is 0 Å². The van der Waals surface area contributed by atoms with Gasteiger partial charge in [0.1, 0.15) is 5.84 Å². The minimum absolute atomic E-state index is 0. The molecule has 2 saturated carbocycles. The van der Waals surface area contributed by atoms with Gasteiger partial charge in [0.2, 0.25) is 0 Å². The SMILES string of the molecule is C1CC2CN(CC3CCOCC3)CC2C1.CC.CC.CC.N=C(N)/C=C\C(=N)c1ccc(C2CC2)nc1.[HH].[HH].[HH]. The van der Waals surface area contributed by atoms with E-state index >= 15 is 0 Å². The Morgan fingerprint density at radius 3 is 2.03 bits per heavy atom. The summed E-state index contributed by atoms with van der Waals surface area (Å²) in [6, 6.07) is 3.87. The van der Waals surface area contributed by atoms with Crippen LogP contribution in [-0.2, 0) is 4.74 Å². The van der Waals surface area contributed by atoms with Gasteiger partial charge in [-0.25, -0.2) is 0 Å². The number of allylic oxidation sites excluding steroid dienone is 1. The van der Waals surface area contributed by atoms with E-state index in [0.29, 0.717) is 11.6 Å². The molecule has 4 N–H and O–H groups in total. The molecule has 0 spiro atoms.